The number of hydrogen-bond donors (Lipinski definition) is 1. The van der Waals surface area contributed by atoms with E-state index in [0.717, 1.165) is 11.1 Å². The lowest BCUT2D eigenvalue weighted by Crippen LogP contribution is -2.47. The predicted octanol–water partition coefficient (Wildman–Crippen LogP) is 4.79. The summed E-state index contributed by atoms with van der Waals surface area (Å²) >= 11 is 5.96. The van der Waals surface area contributed by atoms with Crippen LogP contribution >= 0.6 is 11.6 Å². The summed E-state index contributed by atoms with van der Waals surface area (Å²) in [4.78, 5) is 12.6. The first-order chi connectivity index (χ1) is 17.3. The van der Waals surface area contributed by atoms with Gasteiger partial charge < -0.3 is 19.5 Å². The van der Waals surface area contributed by atoms with Crippen LogP contribution in [-0.2, 0) is 27.7 Å². The van der Waals surface area contributed by atoms with E-state index in [1.54, 1.807) is 37.4 Å². The summed E-state index contributed by atoms with van der Waals surface area (Å²) in [5, 5.41) is 3.14. The smallest absolute Gasteiger partial charge is 0.407 e. The zero-order chi connectivity index (χ0) is 25.7. The molecular formula is C26H27ClN2O6S. The van der Waals surface area contributed by atoms with Crippen LogP contribution in [0.1, 0.15) is 17.5 Å². The standard InChI is InChI=1S/C26H27ClN2O6S/c1-33-22-12-8-19(25(15-22)34-2)16-28-26(30)35-17-21-11-7-18-5-3-4-6-24(18)29(21)36(31,32)23-13-9-20(27)10-14-23/h3-6,8-10,12-15,21H,7,11,16-17H2,1-2H3,(H,28,30). The van der Waals surface area contributed by atoms with Crippen LogP contribution in [0.2, 0.25) is 5.02 Å². The van der Waals surface area contributed by atoms with E-state index >= 15 is 0 Å². The number of sulfonamides is 1. The Morgan fingerprint density at radius 2 is 1.81 bits per heavy atom. The van der Waals surface area contributed by atoms with E-state index in [1.165, 1.54) is 35.7 Å². The number of hydrogen-bond acceptors (Lipinski definition) is 6. The second-order valence-electron chi connectivity index (χ2n) is 8.21. The van der Waals surface area contributed by atoms with Crippen molar-refractivity contribution in [1.29, 1.82) is 0 Å². The van der Waals surface area contributed by atoms with Gasteiger partial charge in [-0.2, -0.15) is 0 Å². The molecule has 1 N–H and O–H groups in total. The highest BCUT2D eigenvalue weighted by atomic mass is 35.5. The molecule has 3 aromatic rings. The number of carbonyl (C=O) groups is 1. The Balaban J connectivity index is 1.49. The summed E-state index contributed by atoms with van der Waals surface area (Å²) in [6, 6.07) is 18.1. The van der Waals surface area contributed by atoms with E-state index in [2.05, 4.69) is 5.32 Å². The van der Waals surface area contributed by atoms with Crippen LogP contribution in [-0.4, -0.2) is 41.4 Å². The highest BCUT2D eigenvalue weighted by Gasteiger charge is 2.36. The second-order valence-corrected chi connectivity index (χ2v) is 10.5. The molecule has 4 rings (SSSR count). The molecule has 190 valence electrons. The topological polar surface area (TPSA) is 94.2 Å². The molecule has 0 bridgehead atoms. The van der Waals surface area contributed by atoms with Crippen molar-refractivity contribution in [2.45, 2.75) is 30.3 Å². The quantitative estimate of drug-likeness (QED) is 0.450. The van der Waals surface area contributed by atoms with Crippen molar-refractivity contribution < 1.29 is 27.4 Å². The van der Waals surface area contributed by atoms with E-state index in [4.69, 9.17) is 25.8 Å². The van der Waals surface area contributed by atoms with Gasteiger partial charge in [-0.15, -0.1) is 0 Å². The van der Waals surface area contributed by atoms with Crippen molar-refractivity contribution in [2.75, 3.05) is 25.1 Å². The number of amides is 1. The Bertz CT molecular complexity index is 1330. The molecule has 0 saturated heterocycles. The SMILES string of the molecule is COc1ccc(CNC(=O)OCC2CCc3ccccc3N2S(=O)(=O)c2ccc(Cl)cc2)c(OC)c1. The number of nitrogens with zero attached hydrogens (tertiary/aromatic N) is 1. The number of para-hydroxylation sites is 1. The fourth-order valence-corrected chi connectivity index (χ4v) is 5.99. The number of fused-ring (bicyclic) bond motifs is 1. The van der Waals surface area contributed by atoms with Gasteiger partial charge in [-0.05, 0) is 60.9 Å². The van der Waals surface area contributed by atoms with E-state index in [1.807, 2.05) is 12.1 Å². The van der Waals surface area contributed by atoms with Crippen molar-refractivity contribution in [3.8, 4) is 11.5 Å². The Kier molecular flexibility index (Phi) is 7.91. The molecule has 0 aromatic heterocycles. The Labute approximate surface area is 215 Å². The maximum Gasteiger partial charge on any atom is 0.407 e. The van der Waals surface area contributed by atoms with Gasteiger partial charge in [0.25, 0.3) is 10.0 Å². The van der Waals surface area contributed by atoms with Crippen LogP contribution in [0, 0.1) is 0 Å². The molecule has 3 aromatic carbocycles. The average Bonchev–Trinajstić information content (AvgIpc) is 2.90. The Hall–Kier alpha value is -3.43. The second kappa shape index (κ2) is 11.1. The van der Waals surface area contributed by atoms with Crippen LogP contribution in [0.4, 0.5) is 10.5 Å². The van der Waals surface area contributed by atoms with E-state index < -0.39 is 22.2 Å². The highest BCUT2D eigenvalue weighted by molar-refractivity contribution is 7.92. The van der Waals surface area contributed by atoms with Crippen molar-refractivity contribution in [2.24, 2.45) is 0 Å². The molecule has 0 spiro atoms. The highest BCUT2D eigenvalue weighted by Crippen LogP contribution is 2.35. The number of halogens is 1. The van der Waals surface area contributed by atoms with E-state index in [9.17, 15) is 13.2 Å². The number of rotatable bonds is 8. The zero-order valence-electron chi connectivity index (χ0n) is 19.9. The third kappa shape index (κ3) is 5.52. The van der Waals surface area contributed by atoms with Crippen LogP contribution in [0.3, 0.4) is 0 Å². The number of carbonyl (C=O) groups excluding carboxylic acids is 1. The molecule has 36 heavy (non-hydrogen) atoms. The minimum Gasteiger partial charge on any atom is -0.497 e. The molecule has 1 aliphatic rings. The number of nitrogens with one attached hydrogen (secondary N) is 1. The Morgan fingerprint density at radius 1 is 1.06 bits per heavy atom. The maximum absolute atomic E-state index is 13.7. The molecule has 1 amide bonds. The van der Waals surface area contributed by atoms with Gasteiger partial charge in [0.2, 0.25) is 0 Å². The molecule has 0 fully saturated rings. The van der Waals surface area contributed by atoms with Gasteiger partial charge in [-0.25, -0.2) is 13.2 Å². The largest absolute Gasteiger partial charge is 0.497 e. The molecule has 0 aliphatic carbocycles. The van der Waals surface area contributed by atoms with Gasteiger partial charge in [-0.1, -0.05) is 29.8 Å². The average molecular weight is 531 g/mol. The van der Waals surface area contributed by atoms with Crippen LogP contribution in [0.5, 0.6) is 11.5 Å². The summed E-state index contributed by atoms with van der Waals surface area (Å²) in [5.41, 5.74) is 2.24. The summed E-state index contributed by atoms with van der Waals surface area (Å²) in [5.74, 6) is 1.21. The summed E-state index contributed by atoms with van der Waals surface area (Å²) in [7, 11) is -0.831. The van der Waals surface area contributed by atoms with Gasteiger partial charge >= 0.3 is 6.09 Å². The fraction of sp³-hybridized carbons (Fsp3) is 0.269. The monoisotopic (exact) mass is 530 g/mol. The Morgan fingerprint density at radius 3 is 2.53 bits per heavy atom. The molecule has 1 heterocycles. The fourth-order valence-electron chi connectivity index (χ4n) is 4.16. The number of ether oxygens (including phenoxy) is 3. The normalized spacial score (nSPS) is 15.1. The number of benzene rings is 3. The van der Waals surface area contributed by atoms with Crippen molar-refractivity contribution in [1.82, 2.24) is 5.32 Å². The molecule has 1 aliphatic heterocycles. The molecular weight excluding hydrogens is 504 g/mol. The maximum atomic E-state index is 13.7. The third-order valence-electron chi connectivity index (χ3n) is 6.00. The van der Waals surface area contributed by atoms with Gasteiger partial charge in [0.1, 0.15) is 18.1 Å². The van der Waals surface area contributed by atoms with Crippen molar-refractivity contribution in [3.63, 3.8) is 0 Å². The summed E-state index contributed by atoms with van der Waals surface area (Å²) in [6.07, 6.45) is 0.515. The first kappa shape index (κ1) is 25.7. The van der Waals surface area contributed by atoms with Crippen LogP contribution in [0.25, 0.3) is 0 Å². The minimum atomic E-state index is -3.93. The van der Waals surface area contributed by atoms with Gasteiger partial charge in [-0.3, -0.25) is 4.31 Å². The molecule has 10 heteroatoms. The van der Waals surface area contributed by atoms with Gasteiger partial charge in [0.05, 0.1) is 30.8 Å². The lowest BCUT2D eigenvalue weighted by atomic mass is 9.98. The minimum absolute atomic E-state index is 0.104. The molecule has 0 saturated carbocycles. The van der Waals surface area contributed by atoms with E-state index in [0.29, 0.717) is 35.1 Å². The van der Waals surface area contributed by atoms with Gasteiger partial charge in [0, 0.05) is 23.2 Å². The molecule has 1 atom stereocenters. The zero-order valence-corrected chi connectivity index (χ0v) is 21.5. The van der Waals surface area contributed by atoms with Crippen molar-refractivity contribution >= 4 is 33.4 Å². The number of aryl methyl sites for hydroxylation is 1. The van der Waals surface area contributed by atoms with Crippen LogP contribution in [0.15, 0.2) is 71.6 Å². The lowest BCUT2D eigenvalue weighted by molar-refractivity contribution is 0.137. The molecule has 8 nitrogen and oxygen atoms in total. The first-order valence-corrected chi connectivity index (χ1v) is 13.1. The van der Waals surface area contributed by atoms with Gasteiger partial charge in [0.15, 0.2) is 0 Å². The number of methoxy groups -OCH3 is 2. The third-order valence-corrected chi connectivity index (χ3v) is 8.13. The first-order valence-electron chi connectivity index (χ1n) is 11.3. The molecule has 1 unspecified atom stereocenters. The predicted molar refractivity (Wildman–Crippen MR) is 137 cm³/mol. The molecule has 0 radical (unpaired) electrons. The summed E-state index contributed by atoms with van der Waals surface area (Å²) < 4.78 is 44.7. The lowest BCUT2D eigenvalue weighted by Gasteiger charge is -2.37. The summed E-state index contributed by atoms with van der Waals surface area (Å²) in [6.45, 7) is 0.0685. The number of alkyl carbamates (subject to hydrolysis) is 1. The van der Waals surface area contributed by atoms with Crippen LogP contribution < -0.4 is 19.1 Å². The van der Waals surface area contributed by atoms with Crippen molar-refractivity contribution in [3.05, 3.63) is 82.9 Å². The van der Waals surface area contributed by atoms with E-state index in [-0.39, 0.29) is 18.0 Å². The number of anilines is 1.